The molecule has 0 aliphatic carbocycles. The van der Waals surface area contributed by atoms with E-state index in [1.165, 1.54) is 24.3 Å². The number of ether oxygens (including phenoxy) is 1. The molecule has 0 saturated carbocycles. The van der Waals surface area contributed by atoms with Gasteiger partial charge < -0.3 is 4.74 Å². The van der Waals surface area contributed by atoms with E-state index in [9.17, 15) is 10.1 Å². The predicted octanol–water partition coefficient (Wildman–Crippen LogP) is 5.35. The van der Waals surface area contributed by atoms with Crippen LogP contribution in [0.1, 0.15) is 0 Å². The SMILES string of the molecule is O=[N+]([O-])c1ccc(Oc2ccc(Cl)c(Cl)c2Cl)cc1. The molecule has 98 valence electrons. The third-order valence-corrected chi connectivity index (χ3v) is 3.55. The highest BCUT2D eigenvalue weighted by molar-refractivity contribution is 6.48. The van der Waals surface area contributed by atoms with Gasteiger partial charge >= 0.3 is 0 Å². The van der Waals surface area contributed by atoms with Gasteiger partial charge in [-0.1, -0.05) is 34.8 Å². The summed E-state index contributed by atoms with van der Waals surface area (Å²) in [4.78, 5) is 10.0. The van der Waals surface area contributed by atoms with E-state index in [0.717, 1.165) is 0 Å². The minimum Gasteiger partial charge on any atom is -0.456 e. The summed E-state index contributed by atoms with van der Waals surface area (Å²) < 4.78 is 5.48. The summed E-state index contributed by atoms with van der Waals surface area (Å²) >= 11 is 17.7. The Labute approximate surface area is 123 Å². The number of benzene rings is 2. The Kier molecular flexibility index (Phi) is 4.14. The zero-order valence-electron chi connectivity index (χ0n) is 9.27. The Bertz CT molecular complexity index is 629. The first-order chi connectivity index (χ1) is 8.99. The molecule has 0 amide bonds. The molecule has 0 bridgehead atoms. The van der Waals surface area contributed by atoms with Gasteiger partial charge in [0.2, 0.25) is 0 Å². The monoisotopic (exact) mass is 317 g/mol. The van der Waals surface area contributed by atoms with Crippen molar-refractivity contribution in [3.63, 3.8) is 0 Å². The van der Waals surface area contributed by atoms with Crippen LogP contribution in [0.4, 0.5) is 5.69 Å². The van der Waals surface area contributed by atoms with Gasteiger partial charge in [-0.05, 0) is 24.3 Å². The van der Waals surface area contributed by atoms with Gasteiger partial charge in [0, 0.05) is 12.1 Å². The van der Waals surface area contributed by atoms with Gasteiger partial charge in [-0.15, -0.1) is 0 Å². The highest BCUT2D eigenvalue weighted by Crippen LogP contribution is 2.39. The average molecular weight is 319 g/mol. The third-order valence-electron chi connectivity index (χ3n) is 2.28. The summed E-state index contributed by atoms with van der Waals surface area (Å²) in [6.07, 6.45) is 0. The van der Waals surface area contributed by atoms with Gasteiger partial charge in [0.25, 0.3) is 5.69 Å². The van der Waals surface area contributed by atoms with Gasteiger partial charge in [-0.25, -0.2) is 0 Å². The van der Waals surface area contributed by atoms with Crippen LogP contribution in [0.3, 0.4) is 0 Å². The summed E-state index contributed by atoms with van der Waals surface area (Å²) in [5, 5.41) is 11.2. The van der Waals surface area contributed by atoms with Crippen LogP contribution < -0.4 is 4.74 Å². The van der Waals surface area contributed by atoms with Crippen LogP contribution in [0.25, 0.3) is 0 Å². The fourth-order valence-electron chi connectivity index (χ4n) is 1.35. The van der Waals surface area contributed by atoms with Crippen LogP contribution in [0.2, 0.25) is 15.1 Å². The highest BCUT2D eigenvalue weighted by atomic mass is 35.5. The summed E-state index contributed by atoms with van der Waals surface area (Å²) in [7, 11) is 0. The molecule has 0 spiro atoms. The molecule has 2 rings (SSSR count). The zero-order chi connectivity index (χ0) is 14.0. The summed E-state index contributed by atoms with van der Waals surface area (Å²) in [6, 6.07) is 8.73. The van der Waals surface area contributed by atoms with E-state index < -0.39 is 4.92 Å². The Morgan fingerprint density at radius 3 is 2.16 bits per heavy atom. The first kappa shape index (κ1) is 13.9. The van der Waals surface area contributed by atoms with E-state index in [0.29, 0.717) is 16.5 Å². The Hall–Kier alpha value is -1.49. The first-order valence-corrected chi connectivity index (χ1v) is 6.18. The molecule has 0 fully saturated rings. The van der Waals surface area contributed by atoms with E-state index in [1.807, 2.05) is 0 Å². The first-order valence-electron chi connectivity index (χ1n) is 5.05. The second kappa shape index (κ2) is 5.65. The highest BCUT2D eigenvalue weighted by Gasteiger charge is 2.11. The zero-order valence-corrected chi connectivity index (χ0v) is 11.5. The lowest BCUT2D eigenvalue weighted by Crippen LogP contribution is -1.89. The largest absolute Gasteiger partial charge is 0.456 e. The molecular weight excluding hydrogens is 312 g/mol. The third kappa shape index (κ3) is 3.10. The molecule has 0 unspecified atom stereocenters. The molecule has 4 nitrogen and oxygen atoms in total. The van der Waals surface area contributed by atoms with E-state index in [4.69, 9.17) is 39.5 Å². The van der Waals surface area contributed by atoms with Gasteiger partial charge in [-0.3, -0.25) is 10.1 Å². The molecule has 7 heteroatoms. The molecule has 0 N–H and O–H groups in total. The molecule has 0 saturated heterocycles. The topological polar surface area (TPSA) is 52.4 Å². The van der Waals surface area contributed by atoms with E-state index in [2.05, 4.69) is 0 Å². The normalized spacial score (nSPS) is 10.3. The number of non-ortho nitro benzene ring substituents is 1. The van der Waals surface area contributed by atoms with Crippen molar-refractivity contribution in [2.45, 2.75) is 0 Å². The molecule has 2 aromatic rings. The number of halogens is 3. The quantitative estimate of drug-likeness (QED) is 0.435. The molecule has 0 aromatic heterocycles. The Balaban J connectivity index is 2.26. The van der Waals surface area contributed by atoms with Crippen molar-refractivity contribution in [2.75, 3.05) is 0 Å². The number of rotatable bonds is 3. The van der Waals surface area contributed by atoms with Crippen molar-refractivity contribution in [2.24, 2.45) is 0 Å². The maximum absolute atomic E-state index is 10.5. The summed E-state index contributed by atoms with van der Waals surface area (Å²) in [5.74, 6) is 0.732. The van der Waals surface area contributed by atoms with Crippen LogP contribution in [0, 0.1) is 10.1 Å². The minimum absolute atomic E-state index is 0.0208. The maximum Gasteiger partial charge on any atom is 0.269 e. The second-order valence-electron chi connectivity index (χ2n) is 3.53. The van der Waals surface area contributed by atoms with E-state index >= 15 is 0 Å². The van der Waals surface area contributed by atoms with Crippen molar-refractivity contribution in [3.05, 3.63) is 61.6 Å². The number of nitro groups is 1. The predicted molar refractivity (Wildman–Crippen MR) is 74.6 cm³/mol. The number of nitro benzene ring substituents is 1. The van der Waals surface area contributed by atoms with Gasteiger partial charge in [-0.2, -0.15) is 0 Å². The smallest absolute Gasteiger partial charge is 0.269 e. The molecule has 0 heterocycles. The molecule has 19 heavy (non-hydrogen) atoms. The van der Waals surface area contributed by atoms with Crippen molar-refractivity contribution in [1.29, 1.82) is 0 Å². The maximum atomic E-state index is 10.5. The summed E-state index contributed by atoms with van der Waals surface area (Å²) in [6.45, 7) is 0. The minimum atomic E-state index is -0.490. The molecule has 0 aliphatic heterocycles. The molecule has 0 radical (unpaired) electrons. The molecule has 2 aromatic carbocycles. The number of hydrogen-bond acceptors (Lipinski definition) is 3. The van der Waals surface area contributed by atoms with Crippen LogP contribution in [0.5, 0.6) is 11.5 Å². The number of hydrogen-bond donors (Lipinski definition) is 0. The van der Waals surface area contributed by atoms with Crippen LogP contribution >= 0.6 is 34.8 Å². The van der Waals surface area contributed by atoms with Crippen molar-refractivity contribution < 1.29 is 9.66 Å². The fourth-order valence-corrected chi connectivity index (χ4v) is 1.92. The lowest BCUT2D eigenvalue weighted by molar-refractivity contribution is -0.384. The van der Waals surface area contributed by atoms with Crippen molar-refractivity contribution >= 4 is 40.5 Å². The molecular formula is C12H6Cl3NO3. The van der Waals surface area contributed by atoms with Crippen LogP contribution in [-0.4, -0.2) is 4.92 Å². The van der Waals surface area contributed by atoms with Gasteiger partial charge in [0.1, 0.15) is 16.5 Å². The molecule has 0 atom stereocenters. The van der Waals surface area contributed by atoms with E-state index in [1.54, 1.807) is 12.1 Å². The van der Waals surface area contributed by atoms with Crippen molar-refractivity contribution in [3.8, 4) is 11.5 Å². The standard InChI is InChI=1S/C12H6Cl3NO3/c13-9-5-6-10(12(15)11(9)14)19-8-3-1-7(2-4-8)16(17)18/h1-6H. The van der Waals surface area contributed by atoms with Crippen LogP contribution in [0.15, 0.2) is 36.4 Å². The average Bonchev–Trinajstić information content (AvgIpc) is 2.40. The van der Waals surface area contributed by atoms with Gasteiger partial charge in [0.15, 0.2) is 0 Å². The van der Waals surface area contributed by atoms with Crippen molar-refractivity contribution in [1.82, 2.24) is 0 Å². The Morgan fingerprint density at radius 2 is 1.58 bits per heavy atom. The van der Waals surface area contributed by atoms with Gasteiger partial charge in [0.05, 0.1) is 15.0 Å². The lowest BCUT2D eigenvalue weighted by Gasteiger charge is -2.09. The summed E-state index contributed by atoms with van der Waals surface area (Å²) in [5.41, 5.74) is -0.0208. The fraction of sp³-hybridized carbons (Fsp3) is 0. The Morgan fingerprint density at radius 1 is 0.947 bits per heavy atom. The van der Waals surface area contributed by atoms with E-state index in [-0.39, 0.29) is 15.7 Å². The second-order valence-corrected chi connectivity index (χ2v) is 4.69. The number of nitrogens with zero attached hydrogens (tertiary/aromatic N) is 1. The lowest BCUT2D eigenvalue weighted by atomic mass is 10.3. The molecule has 0 aliphatic rings. The van der Waals surface area contributed by atoms with Crippen LogP contribution in [-0.2, 0) is 0 Å².